The molecule has 3 N–H and O–H groups in total. The van der Waals surface area contributed by atoms with E-state index in [1.165, 1.54) is 5.57 Å². The fourth-order valence-electron chi connectivity index (χ4n) is 10.0. The highest BCUT2D eigenvalue weighted by molar-refractivity contribution is 5.92. The average molecular weight is 630 g/mol. The Hall–Kier alpha value is -2.59. The highest BCUT2D eigenvalue weighted by Gasteiger charge is 2.66. The van der Waals surface area contributed by atoms with Crippen molar-refractivity contribution in [1.29, 1.82) is 0 Å². The number of rotatable bonds is 10. The third-order valence-corrected chi connectivity index (χ3v) is 12.5. The van der Waals surface area contributed by atoms with Crippen LogP contribution in [0.25, 0.3) is 0 Å². The predicted molar refractivity (Wildman–Crippen MR) is 164 cm³/mol. The van der Waals surface area contributed by atoms with E-state index in [1.807, 2.05) is 26.8 Å². The maximum absolute atomic E-state index is 13.5. The monoisotopic (exact) mass is 629 g/mol. The lowest BCUT2D eigenvalue weighted by molar-refractivity contribution is -0.170. The molecule has 0 radical (unpaired) electrons. The van der Waals surface area contributed by atoms with Gasteiger partial charge in [0.2, 0.25) is 11.7 Å². The van der Waals surface area contributed by atoms with Gasteiger partial charge in [-0.15, -0.1) is 0 Å². The number of ketones is 2. The number of carboxylic acid groups (broad SMARTS) is 1. The van der Waals surface area contributed by atoms with E-state index in [1.54, 1.807) is 0 Å². The standard InChI is InChI=1S/C35H51NO9/c1-32(2)19-21(12-16-45-32)27(18-30(40)41)36-29(39)7-8-31(42)44-20-28(38)35(43)15-11-26-24-6-5-22-17-23(37)9-13-33(22,3)25(24)10-14-34(26,35)4/h17,21,24-27,43H,5-16,18-20H2,1-4H3,(H,36,39)(H,40,41)/t21-,24-,25+,26-,27+,33+,34+,35+/m1/s1. The van der Waals surface area contributed by atoms with E-state index in [-0.39, 0.29) is 42.3 Å². The molecule has 1 heterocycles. The topological polar surface area (TPSA) is 156 Å². The fraction of sp³-hybridized carbons (Fsp3) is 0.800. The molecule has 10 nitrogen and oxygen atoms in total. The normalized spacial score (nSPS) is 37.7. The molecule has 1 amide bonds. The Morgan fingerprint density at radius 3 is 2.44 bits per heavy atom. The largest absolute Gasteiger partial charge is 0.481 e. The lowest BCUT2D eigenvalue weighted by Crippen LogP contribution is -2.58. The van der Waals surface area contributed by atoms with Gasteiger partial charge in [-0.1, -0.05) is 19.4 Å². The smallest absolute Gasteiger partial charge is 0.306 e. The van der Waals surface area contributed by atoms with Gasteiger partial charge in [-0.2, -0.15) is 0 Å². The van der Waals surface area contributed by atoms with Crippen LogP contribution < -0.4 is 5.32 Å². The van der Waals surface area contributed by atoms with Crippen LogP contribution in [0.5, 0.6) is 0 Å². The van der Waals surface area contributed by atoms with E-state index in [0.717, 1.165) is 32.1 Å². The number of amides is 1. The number of hydrogen-bond acceptors (Lipinski definition) is 8. The van der Waals surface area contributed by atoms with Crippen LogP contribution in [-0.2, 0) is 33.4 Å². The number of fused-ring (bicyclic) bond motifs is 5. The van der Waals surface area contributed by atoms with Gasteiger partial charge < -0.3 is 25.0 Å². The van der Waals surface area contributed by atoms with Crippen LogP contribution in [0.2, 0.25) is 0 Å². The van der Waals surface area contributed by atoms with E-state index in [0.29, 0.717) is 50.5 Å². The molecule has 1 saturated heterocycles. The number of carbonyl (C=O) groups excluding carboxylic acids is 4. The Morgan fingerprint density at radius 1 is 1.00 bits per heavy atom. The molecule has 1 aliphatic heterocycles. The number of carboxylic acids is 1. The number of carbonyl (C=O) groups is 5. The molecular formula is C35H51NO9. The minimum Gasteiger partial charge on any atom is -0.481 e. The van der Waals surface area contributed by atoms with Crippen molar-refractivity contribution >= 4 is 29.4 Å². The molecule has 0 aromatic rings. The summed E-state index contributed by atoms with van der Waals surface area (Å²) in [5.41, 5.74) is -1.33. The zero-order valence-electron chi connectivity index (χ0n) is 27.3. The molecule has 0 bridgehead atoms. The van der Waals surface area contributed by atoms with E-state index in [9.17, 15) is 34.2 Å². The number of Topliss-reactive ketones (excluding diaryl/α,β-unsaturated/α-hetero) is 1. The summed E-state index contributed by atoms with van der Waals surface area (Å²) in [7, 11) is 0. The molecule has 4 aliphatic carbocycles. The van der Waals surface area contributed by atoms with Crippen LogP contribution in [0.15, 0.2) is 11.6 Å². The second-order valence-electron chi connectivity index (χ2n) is 15.5. The first-order chi connectivity index (χ1) is 21.1. The summed E-state index contributed by atoms with van der Waals surface area (Å²) in [5, 5.41) is 24.1. The molecule has 0 unspecified atom stereocenters. The second kappa shape index (κ2) is 12.5. The van der Waals surface area contributed by atoms with Crippen molar-refractivity contribution in [3.8, 4) is 0 Å². The number of aliphatic carboxylic acids is 1. The summed E-state index contributed by atoms with van der Waals surface area (Å²) in [6.07, 6.45) is 8.41. The van der Waals surface area contributed by atoms with Crippen LogP contribution in [0, 0.1) is 34.5 Å². The van der Waals surface area contributed by atoms with Crippen LogP contribution in [0.3, 0.4) is 0 Å². The first kappa shape index (κ1) is 33.8. The van der Waals surface area contributed by atoms with Crippen molar-refractivity contribution in [2.45, 2.75) is 128 Å². The SMILES string of the molecule is CC1(C)C[C@H]([C@H](CC(=O)O)NC(=O)CCC(=O)OCC(=O)[C@@]2(O)CC[C@@H]3[C@@H]4CCC5=CC(=O)CC[C@]5(C)[C@H]4CC[C@@]32C)CCO1. The molecular weight excluding hydrogens is 578 g/mol. The van der Waals surface area contributed by atoms with Crippen LogP contribution in [0.4, 0.5) is 0 Å². The number of ether oxygens (including phenoxy) is 2. The first-order valence-corrected chi connectivity index (χ1v) is 16.9. The van der Waals surface area contributed by atoms with Crippen molar-refractivity contribution in [2.24, 2.45) is 34.5 Å². The summed E-state index contributed by atoms with van der Waals surface area (Å²) < 4.78 is 11.0. The van der Waals surface area contributed by atoms with Gasteiger partial charge >= 0.3 is 11.9 Å². The zero-order chi connectivity index (χ0) is 32.8. The van der Waals surface area contributed by atoms with Crippen molar-refractivity contribution < 1.29 is 43.7 Å². The summed E-state index contributed by atoms with van der Waals surface area (Å²) in [6.45, 7) is 8.14. The average Bonchev–Trinajstić information content (AvgIpc) is 3.25. The van der Waals surface area contributed by atoms with E-state index in [4.69, 9.17) is 9.47 Å². The van der Waals surface area contributed by atoms with Gasteiger partial charge in [0.05, 0.1) is 18.4 Å². The maximum Gasteiger partial charge on any atom is 0.306 e. The van der Waals surface area contributed by atoms with Gasteiger partial charge in [0.1, 0.15) is 5.60 Å². The molecule has 0 aromatic carbocycles. The molecule has 0 aromatic heterocycles. The molecule has 5 rings (SSSR count). The van der Waals surface area contributed by atoms with Crippen molar-refractivity contribution in [3.05, 3.63) is 11.6 Å². The van der Waals surface area contributed by atoms with Gasteiger partial charge in [-0.25, -0.2) is 0 Å². The Bertz CT molecular complexity index is 1260. The Labute approximate surface area is 266 Å². The van der Waals surface area contributed by atoms with Gasteiger partial charge in [0.15, 0.2) is 12.4 Å². The maximum atomic E-state index is 13.5. The fourth-order valence-corrected chi connectivity index (χ4v) is 10.0. The third kappa shape index (κ3) is 6.51. The number of hydrogen-bond donors (Lipinski definition) is 3. The second-order valence-corrected chi connectivity index (χ2v) is 15.5. The van der Waals surface area contributed by atoms with Crippen LogP contribution in [-0.4, -0.2) is 70.1 Å². The number of allylic oxidation sites excluding steroid dienone is 1. The predicted octanol–water partition coefficient (Wildman–Crippen LogP) is 4.31. The van der Waals surface area contributed by atoms with Gasteiger partial charge in [-0.05, 0) is 107 Å². The third-order valence-electron chi connectivity index (χ3n) is 12.5. The molecule has 8 atom stereocenters. The number of aliphatic hydroxyl groups is 1. The first-order valence-electron chi connectivity index (χ1n) is 16.9. The Balaban J connectivity index is 1.13. The highest BCUT2D eigenvalue weighted by Crippen LogP contribution is 2.67. The van der Waals surface area contributed by atoms with Crippen molar-refractivity contribution in [1.82, 2.24) is 5.32 Å². The number of nitrogens with one attached hydrogen (secondary N) is 1. The van der Waals surface area contributed by atoms with Gasteiger partial charge in [-0.3, -0.25) is 24.0 Å². The summed E-state index contributed by atoms with van der Waals surface area (Å²) in [5.74, 6) is -1.51. The van der Waals surface area contributed by atoms with Crippen molar-refractivity contribution in [3.63, 3.8) is 0 Å². The quantitative estimate of drug-likeness (QED) is 0.300. The van der Waals surface area contributed by atoms with E-state index < -0.39 is 52.9 Å². The highest BCUT2D eigenvalue weighted by atomic mass is 16.5. The Kier molecular flexibility index (Phi) is 9.41. The van der Waals surface area contributed by atoms with E-state index in [2.05, 4.69) is 12.2 Å². The summed E-state index contributed by atoms with van der Waals surface area (Å²) >= 11 is 0. The molecule has 45 heavy (non-hydrogen) atoms. The van der Waals surface area contributed by atoms with Gasteiger partial charge in [0, 0.05) is 30.9 Å². The summed E-state index contributed by atoms with van der Waals surface area (Å²) in [4.78, 5) is 62.4. The molecule has 4 fully saturated rings. The Morgan fingerprint density at radius 2 is 1.73 bits per heavy atom. The molecule has 250 valence electrons. The van der Waals surface area contributed by atoms with Crippen LogP contribution in [0.1, 0.15) is 111 Å². The number of esters is 1. The molecule has 3 saturated carbocycles. The lowest BCUT2D eigenvalue weighted by Gasteiger charge is -2.58. The zero-order valence-corrected chi connectivity index (χ0v) is 27.3. The summed E-state index contributed by atoms with van der Waals surface area (Å²) in [6, 6.07) is -0.578. The minimum absolute atomic E-state index is 0.000254. The molecule has 5 aliphatic rings. The van der Waals surface area contributed by atoms with Crippen LogP contribution >= 0.6 is 0 Å². The van der Waals surface area contributed by atoms with E-state index >= 15 is 0 Å². The molecule has 10 heteroatoms. The molecule has 0 spiro atoms. The lowest BCUT2D eigenvalue weighted by atomic mass is 9.46. The van der Waals surface area contributed by atoms with Gasteiger partial charge in [0.25, 0.3) is 0 Å². The minimum atomic E-state index is -1.58. The van der Waals surface area contributed by atoms with Crippen molar-refractivity contribution in [2.75, 3.05) is 13.2 Å².